The lowest BCUT2D eigenvalue weighted by molar-refractivity contribution is 0.101. The third-order valence-electron chi connectivity index (χ3n) is 6.56. The number of hydrogen-bond donors (Lipinski definition) is 0. The summed E-state index contributed by atoms with van der Waals surface area (Å²) in [7, 11) is 2.30. The third-order valence-corrected chi connectivity index (χ3v) is 8.34. The fourth-order valence-corrected chi connectivity index (χ4v) is 6.23. The number of Topliss-reactive ketones (excluding diaryl/α,β-unsaturated/α-hetero) is 1. The van der Waals surface area contributed by atoms with E-state index in [-0.39, 0.29) is 21.8 Å². The maximum atomic E-state index is 12.4. The van der Waals surface area contributed by atoms with Crippen molar-refractivity contribution in [1.82, 2.24) is 0 Å². The lowest BCUT2D eigenvalue weighted by atomic mass is 9.76. The van der Waals surface area contributed by atoms with E-state index < -0.39 is 0 Å². The number of ether oxygens (including phenoxy) is 1. The molecule has 0 saturated heterocycles. The first kappa shape index (κ1) is 27.6. The second-order valence-corrected chi connectivity index (χ2v) is 13.5. The molecule has 2 atom stereocenters. The van der Waals surface area contributed by atoms with Crippen LogP contribution in [-0.4, -0.2) is 12.9 Å². The highest BCUT2D eigenvalue weighted by Gasteiger charge is 2.35. The summed E-state index contributed by atoms with van der Waals surface area (Å²) >= 11 is 0. The van der Waals surface area contributed by atoms with Crippen molar-refractivity contribution in [3.05, 3.63) is 58.7 Å². The lowest BCUT2D eigenvalue weighted by Gasteiger charge is -2.37. The molecule has 2 aromatic carbocycles. The molecule has 2 aromatic rings. The lowest BCUT2D eigenvalue weighted by Crippen LogP contribution is -2.26. The molecule has 0 amide bonds. The molecule has 0 N–H and O–H groups in total. The number of unbranched alkanes of at least 4 members (excludes halogenated alkanes) is 2. The fourth-order valence-electron chi connectivity index (χ4n) is 4.44. The average Bonchev–Trinajstić information content (AvgIpc) is 2.71. The van der Waals surface area contributed by atoms with Gasteiger partial charge in [0.25, 0.3) is 0 Å². The van der Waals surface area contributed by atoms with Gasteiger partial charge in [-0.25, -0.2) is 0 Å². The van der Waals surface area contributed by atoms with Crippen molar-refractivity contribution in [3.63, 3.8) is 0 Å². The van der Waals surface area contributed by atoms with E-state index in [1.165, 1.54) is 29.5 Å². The van der Waals surface area contributed by atoms with Gasteiger partial charge in [-0.3, -0.25) is 4.79 Å². The van der Waals surface area contributed by atoms with Crippen molar-refractivity contribution < 1.29 is 9.53 Å². The minimum Gasteiger partial charge on any atom is -0.496 e. The Hall–Kier alpha value is -1.66. The smallest absolute Gasteiger partial charge is 0.160 e. The number of methoxy groups -OCH3 is 1. The SMILES string of the molecule is CCCCCC(C)(Pc1ccccc1C(C)=O)c1cc(C(C)(C)C)cc(C(C)(C)C)c1OC. The molecule has 0 aliphatic carbocycles. The minimum atomic E-state index is -0.118. The molecule has 182 valence electrons. The zero-order valence-corrected chi connectivity index (χ0v) is 23.6. The Morgan fingerprint density at radius 3 is 2.03 bits per heavy atom. The Kier molecular flexibility index (Phi) is 8.97. The number of hydrogen-bond acceptors (Lipinski definition) is 2. The van der Waals surface area contributed by atoms with Crippen LogP contribution in [0.4, 0.5) is 0 Å². The maximum absolute atomic E-state index is 12.4. The second-order valence-electron chi connectivity index (χ2n) is 11.6. The molecule has 0 bridgehead atoms. The van der Waals surface area contributed by atoms with Crippen molar-refractivity contribution >= 4 is 19.7 Å². The number of carbonyl (C=O) groups excluding carboxylic acids is 1. The Morgan fingerprint density at radius 2 is 1.52 bits per heavy atom. The molecule has 2 unspecified atom stereocenters. The van der Waals surface area contributed by atoms with Crippen LogP contribution in [0.5, 0.6) is 5.75 Å². The Labute approximate surface area is 204 Å². The summed E-state index contributed by atoms with van der Waals surface area (Å²) in [5, 5.41) is 1.04. The average molecular weight is 469 g/mol. The van der Waals surface area contributed by atoms with Crippen molar-refractivity contribution in [2.75, 3.05) is 7.11 Å². The monoisotopic (exact) mass is 468 g/mol. The quantitative estimate of drug-likeness (QED) is 0.210. The summed E-state index contributed by atoms with van der Waals surface area (Å²) in [5.74, 6) is 1.15. The summed E-state index contributed by atoms with van der Waals surface area (Å²) in [6.45, 7) is 20.0. The van der Waals surface area contributed by atoms with Gasteiger partial charge in [-0.1, -0.05) is 120 Å². The summed E-state index contributed by atoms with van der Waals surface area (Å²) < 4.78 is 6.18. The zero-order valence-electron chi connectivity index (χ0n) is 22.6. The van der Waals surface area contributed by atoms with Gasteiger partial charge < -0.3 is 4.74 Å². The number of rotatable bonds is 9. The molecule has 2 nitrogen and oxygen atoms in total. The Bertz CT molecular complexity index is 962. The molecular formula is C30H45O2P. The molecular weight excluding hydrogens is 423 g/mol. The normalized spacial score (nSPS) is 14.5. The van der Waals surface area contributed by atoms with E-state index in [4.69, 9.17) is 4.74 Å². The van der Waals surface area contributed by atoms with Gasteiger partial charge in [0.2, 0.25) is 0 Å². The molecule has 0 radical (unpaired) electrons. The van der Waals surface area contributed by atoms with Gasteiger partial charge in [-0.15, -0.1) is 0 Å². The van der Waals surface area contributed by atoms with E-state index in [0.29, 0.717) is 8.58 Å². The first-order valence-corrected chi connectivity index (χ1v) is 13.4. The van der Waals surface area contributed by atoms with Crippen molar-refractivity contribution in [1.29, 1.82) is 0 Å². The third kappa shape index (κ3) is 6.69. The molecule has 0 aliphatic rings. The molecule has 0 heterocycles. The van der Waals surface area contributed by atoms with E-state index in [9.17, 15) is 4.79 Å². The predicted octanol–water partition coefficient (Wildman–Crippen LogP) is 8.29. The largest absolute Gasteiger partial charge is 0.496 e. The van der Waals surface area contributed by atoms with Crippen LogP contribution in [0.3, 0.4) is 0 Å². The van der Waals surface area contributed by atoms with E-state index in [2.05, 4.69) is 79.7 Å². The first-order valence-electron chi connectivity index (χ1n) is 12.4. The Balaban J connectivity index is 2.81. The summed E-state index contributed by atoms with van der Waals surface area (Å²) in [4.78, 5) is 12.4. The highest BCUT2D eigenvalue weighted by molar-refractivity contribution is 7.48. The van der Waals surface area contributed by atoms with Gasteiger partial charge in [0.1, 0.15) is 5.75 Å². The highest BCUT2D eigenvalue weighted by Crippen LogP contribution is 2.52. The summed E-state index contributed by atoms with van der Waals surface area (Å²) in [5.41, 5.74) is 4.74. The van der Waals surface area contributed by atoms with Gasteiger partial charge in [0, 0.05) is 21.8 Å². The van der Waals surface area contributed by atoms with Crippen LogP contribution < -0.4 is 10.0 Å². The van der Waals surface area contributed by atoms with Crippen molar-refractivity contribution in [2.45, 2.75) is 104 Å². The molecule has 0 aromatic heterocycles. The van der Waals surface area contributed by atoms with E-state index >= 15 is 0 Å². The number of benzene rings is 2. The fraction of sp³-hybridized carbons (Fsp3) is 0.567. The van der Waals surface area contributed by atoms with Crippen LogP contribution in [0.1, 0.15) is 115 Å². The minimum absolute atomic E-state index is 0.0335. The number of carbonyl (C=O) groups is 1. The molecule has 0 fully saturated rings. The van der Waals surface area contributed by atoms with Crippen LogP contribution in [-0.2, 0) is 16.0 Å². The van der Waals surface area contributed by atoms with Gasteiger partial charge in [-0.05, 0) is 35.0 Å². The molecule has 0 aliphatic heterocycles. The van der Waals surface area contributed by atoms with Crippen LogP contribution in [0.15, 0.2) is 36.4 Å². The predicted molar refractivity (Wildman–Crippen MR) is 146 cm³/mol. The van der Waals surface area contributed by atoms with Gasteiger partial charge in [0.05, 0.1) is 7.11 Å². The van der Waals surface area contributed by atoms with Crippen LogP contribution in [0, 0.1) is 0 Å². The molecule has 0 spiro atoms. The van der Waals surface area contributed by atoms with Crippen molar-refractivity contribution in [2.24, 2.45) is 0 Å². The maximum Gasteiger partial charge on any atom is 0.160 e. The summed E-state index contributed by atoms with van der Waals surface area (Å²) in [6, 6.07) is 12.9. The second kappa shape index (κ2) is 10.7. The van der Waals surface area contributed by atoms with Crippen LogP contribution in [0.25, 0.3) is 0 Å². The Morgan fingerprint density at radius 1 is 0.909 bits per heavy atom. The van der Waals surface area contributed by atoms with E-state index in [0.717, 1.165) is 29.5 Å². The molecule has 33 heavy (non-hydrogen) atoms. The van der Waals surface area contributed by atoms with Gasteiger partial charge in [-0.2, -0.15) is 0 Å². The highest BCUT2D eigenvalue weighted by atomic mass is 31.1. The summed E-state index contributed by atoms with van der Waals surface area (Å²) in [6.07, 6.45) is 4.63. The number of ketones is 1. The first-order chi connectivity index (χ1) is 15.2. The van der Waals surface area contributed by atoms with E-state index in [1.54, 1.807) is 6.92 Å². The molecule has 2 rings (SSSR count). The van der Waals surface area contributed by atoms with E-state index in [1.807, 2.05) is 19.2 Å². The van der Waals surface area contributed by atoms with Crippen LogP contribution in [0.2, 0.25) is 0 Å². The topological polar surface area (TPSA) is 26.3 Å². The van der Waals surface area contributed by atoms with Gasteiger partial charge >= 0.3 is 0 Å². The molecule has 0 saturated carbocycles. The van der Waals surface area contributed by atoms with Crippen LogP contribution >= 0.6 is 8.58 Å². The standard InChI is InChI=1S/C30H45O2P/c1-11-12-15-18-30(9,33-26-17-14-13-16-23(26)21(2)31)25-20-22(28(3,4)5)19-24(27(25)32-10)29(6,7)8/h13-14,16-17,19-20,33H,11-12,15,18H2,1-10H3. The molecule has 3 heteroatoms. The van der Waals surface area contributed by atoms with Crippen molar-refractivity contribution in [3.8, 4) is 5.75 Å². The zero-order chi connectivity index (χ0) is 25.0. The van der Waals surface area contributed by atoms with Gasteiger partial charge in [0.15, 0.2) is 5.78 Å².